The summed E-state index contributed by atoms with van der Waals surface area (Å²) >= 11 is 5.95. The predicted octanol–water partition coefficient (Wildman–Crippen LogP) is 1.50. The minimum atomic E-state index is -3.71. The van der Waals surface area contributed by atoms with Crippen LogP contribution in [0.2, 0.25) is 5.02 Å². The van der Waals surface area contributed by atoms with Crippen LogP contribution in [-0.2, 0) is 14.8 Å². The number of ether oxygens (including phenoxy) is 1. The van der Waals surface area contributed by atoms with Crippen molar-refractivity contribution in [2.75, 3.05) is 27.2 Å². The molecule has 0 aliphatic carbocycles. The van der Waals surface area contributed by atoms with E-state index in [-0.39, 0.29) is 21.5 Å². The zero-order valence-electron chi connectivity index (χ0n) is 12.5. The number of benzene rings is 1. The van der Waals surface area contributed by atoms with Gasteiger partial charge in [-0.1, -0.05) is 11.6 Å². The van der Waals surface area contributed by atoms with Crippen molar-refractivity contribution in [1.29, 1.82) is 0 Å². The lowest BCUT2D eigenvalue weighted by atomic mass is 10.1. The molecule has 0 bridgehead atoms. The van der Waals surface area contributed by atoms with Gasteiger partial charge < -0.3 is 10.1 Å². The normalized spacial score (nSPS) is 16.7. The summed E-state index contributed by atoms with van der Waals surface area (Å²) in [5, 5.41) is 3.38. The first-order valence-electron chi connectivity index (χ1n) is 6.94. The van der Waals surface area contributed by atoms with Crippen LogP contribution in [0.1, 0.15) is 23.2 Å². The maximum Gasteiger partial charge on any atom is 0.337 e. The molecule has 122 valence electrons. The lowest BCUT2D eigenvalue weighted by Crippen LogP contribution is -2.43. The molecule has 8 heteroatoms. The number of piperidine rings is 1. The summed E-state index contributed by atoms with van der Waals surface area (Å²) in [5.41, 5.74) is 0.118. The molecule has 1 aliphatic rings. The number of methoxy groups -OCH3 is 1. The summed E-state index contributed by atoms with van der Waals surface area (Å²) in [4.78, 5) is 11.6. The van der Waals surface area contributed by atoms with Gasteiger partial charge in [0.05, 0.1) is 17.6 Å². The van der Waals surface area contributed by atoms with Crippen LogP contribution in [0.3, 0.4) is 0 Å². The summed E-state index contributed by atoms with van der Waals surface area (Å²) in [6.45, 7) is 1.57. The van der Waals surface area contributed by atoms with Crippen molar-refractivity contribution < 1.29 is 17.9 Å². The molecule has 0 amide bonds. The van der Waals surface area contributed by atoms with Gasteiger partial charge in [-0.2, -0.15) is 4.31 Å². The fourth-order valence-electron chi connectivity index (χ4n) is 2.48. The van der Waals surface area contributed by atoms with Crippen molar-refractivity contribution in [2.24, 2.45) is 0 Å². The summed E-state index contributed by atoms with van der Waals surface area (Å²) < 4.78 is 31.5. The first-order chi connectivity index (χ1) is 10.4. The molecule has 1 heterocycles. The number of nitrogens with one attached hydrogen (secondary N) is 1. The molecule has 1 saturated heterocycles. The number of hydrogen-bond donors (Lipinski definition) is 1. The summed E-state index contributed by atoms with van der Waals surface area (Å²) in [5.74, 6) is -0.622. The molecule has 0 atom stereocenters. The number of carbonyl (C=O) groups excluding carboxylic acids is 1. The molecule has 1 fully saturated rings. The van der Waals surface area contributed by atoms with E-state index in [9.17, 15) is 13.2 Å². The van der Waals surface area contributed by atoms with E-state index >= 15 is 0 Å². The minimum absolute atomic E-state index is 0.00133. The minimum Gasteiger partial charge on any atom is -0.465 e. The summed E-state index contributed by atoms with van der Waals surface area (Å²) in [6.07, 6.45) is 1.50. The molecule has 22 heavy (non-hydrogen) atoms. The third-order valence-electron chi connectivity index (χ3n) is 3.79. The molecule has 0 unspecified atom stereocenters. The zero-order valence-corrected chi connectivity index (χ0v) is 14.1. The number of halogens is 1. The van der Waals surface area contributed by atoms with Gasteiger partial charge in [0.15, 0.2) is 0 Å². The van der Waals surface area contributed by atoms with Crippen molar-refractivity contribution in [3.8, 4) is 0 Å². The molecular weight excluding hydrogens is 328 g/mol. The van der Waals surface area contributed by atoms with Gasteiger partial charge in [0.25, 0.3) is 0 Å². The highest BCUT2D eigenvalue weighted by Gasteiger charge is 2.29. The monoisotopic (exact) mass is 346 g/mol. The van der Waals surface area contributed by atoms with Crippen LogP contribution in [0, 0.1) is 0 Å². The average Bonchev–Trinajstić information content (AvgIpc) is 2.53. The van der Waals surface area contributed by atoms with E-state index < -0.39 is 16.0 Å². The second-order valence-electron chi connectivity index (χ2n) is 5.17. The van der Waals surface area contributed by atoms with E-state index in [1.54, 1.807) is 7.05 Å². The van der Waals surface area contributed by atoms with Gasteiger partial charge in [-0.3, -0.25) is 0 Å². The van der Waals surface area contributed by atoms with E-state index in [0.29, 0.717) is 0 Å². The third kappa shape index (κ3) is 3.60. The van der Waals surface area contributed by atoms with Gasteiger partial charge in [-0.05, 0) is 44.1 Å². The van der Waals surface area contributed by atoms with Crippen molar-refractivity contribution in [1.82, 2.24) is 9.62 Å². The van der Waals surface area contributed by atoms with Crippen molar-refractivity contribution >= 4 is 27.6 Å². The second-order valence-corrected chi connectivity index (χ2v) is 7.60. The molecule has 0 spiro atoms. The van der Waals surface area contributed by atoms with Crippen molar-refractivity contribution in [3.63, 3.8) is 0 Å². The van der Waals surface area contributed by atoms with E-state index in [0.717, 1.165) is 25.9 Å². The maximum absolute atomic E-state index is 12.7. The van der Waals surface area contributed by atoms with Gasteiger partial charge in [0.1, 0.15) is 0 Å². The fraction of sp³-hybridized carbons (Fsp3) is 0.500. The predicted molar refractivity (Wildman–Crippen MR) is 83.6 cm³/mol. The molecule has 0 aromatic heterocycles. The Balaban J connectivity index is 2.36. The lowest BCUT2D eigenvalue weighted by molar-refractivity contribution is 0.0600. The molecule has 6 nitrogen and oxygen atoms in total. The van der Waals surface area contributed by atoms with Gasteiger partial charge in [-0.15, -0.1) is 0 Å². The molecule has 2 rings (SSSR count). The van der Waals surface area contributed by atoms with Gasteiger partial charge in [0.2, 0.25) is 10.0 Å². The van der Waals surface area contributed by atoms with Gasteiger partial charge >= 0.3 is 5.97 Å². The van der Waals surface area contributed by atoms with Crippen LogP contribution >= 0.6 is 11.6 Å². The van der Waals surface area contributed by atoms with Crippen LogP contribution in [0.5, 0.6) is 0 Å². The molecule has 1 aliphatic heterocycles. The van der Waals surface area contributed by atoms with E-state index in [1.807, 2.05) is 0 Å². The van der Waals surface area contributed by atoms with Crippen LogP contribution < -0.4 is 5.32 Å². The molecule has 1 N–H and O–H groups in total. The lowest BCUT2D eigenvalue weighted by Gasteiger charge is -2.30. The van der Waals surface area contributed by atoms with Gasteiger partial charge in [0, 0.05) is 18.1 Å². The van der Waals surface area contributed by atoms with E-state index in [2.05, 4.69) is 10.1 Å². The Morgan fingerprint density at radius 3 is 2.55 bits per heavy atom. The highest BCUT2D eigenvalue weighted by atomic mass is 35.5. The third-order valence-corrected chi connectivity index (χ3v) is 5.90. The highest BCUT2D eigenvalue weighted by molar-refractivity contribution is 7.89. The average molecular weight is 347 g/mol. The molecular formula is C14H19ClN2O4S. The first-order valence-corrected chi connectivity index (χ1v) is 8.75. The Morgan fingerprint density at radius 2 is 1.95 bits per heavy atom. The molecule has 0 radical (unpaired) electrons. The number of carbonyl (C=O) groups is 1. The number of nitrogens with zero attached hydrogens (tertiary/aromatic N) is 1. The first kappa shape index (κ1) is 17.2. The van der Waals surface area contributed by atoms with E-state index in [1.165, 1.54) is 29.6 Å². The number of sulfonamides is 1. The zero-order chi connectivity index (χ0) is 16.3. The Morgan fingerprint density at radius 1 is 1.32 bits per heavy atom. The van der Waals surface area contributed by atoms with Crippen molar-refractivity contribution in [2.45, 2.75) is 23.8 Å². The van der Waals surface area contributed by atoms with Crippen LogP contribution in [0.15, 0.2) is 23.1 Å². The number of rotatable bonds is 4. The van der Waals surface area contributed by atoms with Crippen LogP contribution in [0.25, 0.3) is 0 Å². The molecule has 1 aromatic carbocycles. The summed E-state index contributed by atoms with van der Waals surface area (Å²) in [7, 11) is -0.918. The van der Waals surface area contributed by atoms with E-state index in [4.69, 9.17) is 11.6 Å². The quantitative estimate of drug-likeness (QED) is 0.836. The van der Waals surface area contributed by atoms with Crippen LogP contribution in [-0.4, -0.2) is 52.0 Å². The smallest absolute Gasteiger partial charge is 0.337 e. The Hall–Kier alpha value is -1.15. The largest absolute Gasteiger partial charge is 0.465 e. The summed E-state index contributed by atoms with van der Waals surface area (Å²) in [6, 6.07) is 3.97. The Labute approximate surface area is 135 Å². The molecule has 0 saturated carbocycles. The maximum atomic E-state index is 12.7. The van der Waals surface area contributed by atoms with Crippen molar-refractivity contribution in [3.05, 3.63) is 28.8 Å². The van der Waals surface area contributed by atoms with Gasteiger partial charge in [-0.25, -0.2) is 13.2 Å². The number of hydrogen-bond acceptors (Lipinski definition) is 5. The van der Waals surface area contributed by atoms with Crippen LogP contribution in [0.4, 0.5) is 0 Å². The number of esters is 1. The SMILES string of the molecule is COC(=O)c1cc(Cl)cc(S(=O)(=O)N(C)C2CCNCC2)c1. The molecule has 1 aromatic rings. The topological polar surface area (TPSA) is 75.7 Å². The second kappa shape index (κ2) is 6.95. The Bertz CT molecular complexity index is 657. The highest BCUT2D eigenvalue weighted by Crippen LogP contribution is 2.25. The Kier molecular flexibility index (Phi) is 5.44. The fourth-order valence-corrected chi connectivity index (χ4v) is 4.27. The standard InChI is InChI=1S/C14H19ClN2O4S/c1-17(12-3-5-16-6-4-12)22(19,20)13-8-10(14(18)21-2)7-11(15)9-13/h7-9,12,16H,3-6H2,1-2H3.